The van der Waals surface area contributed by atoms with Crippen LogP contribution in [-0.2, 0) is 14.8 Å². The molecule has 1 aromatic carbocycles. The second-order valence-electron chi connectivity index (χ2n) is 8.44. The molecule has 0 aliphatic carbocycles. The number of aryl methyl sites for hydroxylation is 1. The van der Waals surface area contributed by atoms with Gasteiger partial charge in [0.15, 0.2) is 0 Å². The average Bonchev–Trinajstić information content (AvgIpc) is 2.94. The molecule has 1 N–H and O–H groups in total. The van der Waals surface area contributed by atoms with Gasteiger partial charge in [-0.3, -0.25) is 9.69 Å². The average molecular weight is 421 g/mol. The fourth-order valence-corrected chi connectivity index (χ4v) is 5.98. The second-order valence-corrected chi connectivity index (χ2v) is 10.4. The van der Waals surface area contributed by atoms with E-state index in [-0.39, 0.29) is 22.9 Å². The molecule has 0 bridgehead atoms. The molecule has 0 saturated carbocycles. The van der Waals surface area contributed by atoms with Gasteiger partial charge in [0.1, 0.15) is 5.54 Å². The van der Waals surface area contributed by atoms with Crippen LogP contribution in [0.4, 0.5) is 4.79 Å². The van der Waals surface area contributed by atoms with Crippen LogP contribution < -0.4 is 5.32 Å². The molecule has 3 amide bonds. The lowest BCUT2D eigenvalue weighted by atomic mass is 9.87. The predicted molar refractivity (Wildman–Crippen MR) is 108 cm³/mol. The zero-order valence-corrected chi connectivity index (χ0v) is 17.7. The summed E-state index contributed by atoms with van der Waals surface area (Å²) in [7, 11) is -1.55. The van der Waals surface area contributed by atoms with Crippen molar-refractivity contribution < 1.29 is 18.0 Å². The Morgan fingerprint density at radius 2 is 1.59 bits per heavy atom. The van der Waals surface area contributed by atoms with E-state index in [0.717, 1.165) is 18.7 Å². The minimum atomic E-state index is -3.56. The highest BCUT2D eigenvalue weighted by molar-refractivity contribution is 7.89. The molecule has 0 atom stereocenters. The second kappa shape index (κ2) is 7.37. The zero-order valence-electron chi connectivity index (χ0n) is 16.9. The summed E-state index contributed by atoms with van der Waals surface area (Å²) in [6.45, 7) is 4.05. The molecule has 3 heterocycles. The summed E-state index contributed by atoms with van der Waals surface area (Å²) >= 11 is 0. The highest BCUT2D eigenvalue weighted by atomic mass is 32.2. The Balaban J connectivity index is 1.44. The summed E-state index contributed by atoms with van der Waals surface area (Å²) in [6, 6.07) is 6.23. The molecular formula is C20H28N4O4S. The summed E-state index contributed by atoms with van der Waals surface area (Å²) in [5.41, 5.74) is 0.221. The van der Waals surface area contributed by atoms with Crippen LogP contribution in [0.3, 0.4) is 0 Å². The Kier molecular flexibility index (Phi) is 5.16. The lowest BCUT2D eigenvalue weighted by Gasteiger charge is -2.37. The number of hydrogen-bond donors (Lipinski definition) is 1. The van der Waals surface area contributed by atoms with Gasteiger partial charge in [-0.05, 0) is 51.8 Å². The molecule has 4 rings (SSSR count). The van der Waals surface area contributed by atoms with Gasteiger partial charge >= 0.3 is 6.03 Å². The maximum atomic E-state index is 13.1. The number of hydrogen-bond acceptors (Lipinski definition) is 5. The monoisotopic (exact) mass is 420 g/mol. The number of likely N-dealkylation sites (tertiary alicyclic amines) is 1. The van der Waals surface area contributed by atoms with Crippen LogP contribution in [0.25, 0.3) is 0 Å². The van der Waals surface area contributed by atoms with Crippen LogP contribution in [-0.4, -0.2) is 79.3 Å². The molecular weight excluding hydrogens is 392 g/mol. The van der Waals surface area contributed by atoms with Crippen molar-refractivity contribution >= 4 is 22.0 Å². The first-order valence-corrected chi connectivity index (χ1v) is 11.6. The van der Waals surface area contributed by atoms with E-state index in [1.807, 2.05) is 14.0 Å². The normalized spacial score (nSPS) is 24.3. The van der Waals surface area contributed by atoms with E-state index in [4.69, 9.17) is 0 Å². The van der Waals surface area contributed by atoms with Crippen LogP contribution >= 0.6 is 0 Å². The van der Waals surface area contributed by atoms with Crippen LogP contribution in [0.15, 0.2) is 29.2 Å². The van der Waals surface area contributed by atoms with Gasteiger partial charge in [0.2, 0.25) is 10.0 Å². The number of nitrogens with zero attached hydrogens (tertiary/aromatic N) is 3. The van der Waals surface area contributed by atoms with E-state index < -0.39 is 15.6 Å². The highest BCUT2D eigenvalue weighted by Gasteiger charge is 2.54. The van der Waals surface area contributed by atoms with Crippen molar-refractivity contribution in [3.63, 3.8) is 0 Å². The van der Waals surface area contributed by atoms with Gasteiger partial charge in [-0.1, -0.05) is 17.7 Å². The van der Waals surface area contributed by atoms with Crippen molar-refractivity contribution in [2.45, 2.75) is 49.1 Å². The first-order valence-electron chi connectivity index (χ1n) is 10.1. The van der Waals surface area contributed by atoms with E-state index in [1.165, 1.54) is 9.21 Å². The third-order valence-electron chi connectivity index (χ3n) is 6.48. The molecule has 29 heavy (non-hydrogen) atoms. The SMILES string of the molecule is Cc1ccc(S(=O)(=O)N2CCC(N3C(=O)NC4(CCN(C)CC4)C3=O)CC2)cc1. The lowest BCUT2D eigenvalue weighted by Crippen LogP contribution is -2.55. The minimum Gasteiger partial charge on any atom is -0.323 e. The maximum absolute atomic E-state index is 13.1. The van der Waals surface area contributed by atoms with Crippen molar-refractivity contribution in [3.05, 3.63) is 29.8 Å². The van der Waals surface area contributed by atoms with Crippen molar-refractivity contribution in [3.8, 4) is 0 Å². The number of amides is 3. The van der Waals surface area contributed by atoms with E-state index >= 15 is 0 Å². The van der Waals surface area contributed by atoms with Gasteiger partial charge in [-0.2, -0.15) is 4.31 Å². The number of carbonyl (C=O) groups is 2. The van der Waals surface area contributed by atoms with Crippen molar-refractivity contribution in [1.82, 2.24) is 19.4 Å². The largest absolute Gasteiger partial charge is 0.325 e. The summed E-state index contributed by atoms with van der Waals surface area (Å²) in [5, 5.41) is 2.94. The Bertz CT molecular complexity index is 899. The molecule has 3 aliphatic rings. The fraction of sp³-hybridized carbons (Fsp3) is 0.600. The number of nitrogens with one attached hydrogen (secondary N) is 1. The Hall–Kier alpha value is -1.97. The predicted octanol–water partition coefficient (Wildman–Crippen LogP) is 1.16. The lowest BCUT2D eigenvalue weighted by molar-refractivity contribution is -0.134. The maximum Gasteiger partial charge on any atom is 0.325 e. The molecule has 3 fully saturated rings. The van der Waals surface area contributed by atoms with Gasteiger partial charge < -0.3 is 10.2 Å². The summed E-state index contributed by atoms with van der Waals surface area (Å²) in [6.07, 6.45) is 2.15. The minimum absolute atomic E-state index is 0.143. The van der Waals surface area contributed by atoms with Crippen LogP contribution in [0, 0.1) is 6.92 Å². The van der Waals surface area contributed by atoms with E-state index in [2.05, 4.69) is 10.2 Å². The summed E-state index contributed by atoms with van der Waals surface area (Å²) < 4.78 is 27.2. The van der Waals surface area contributed by atoms with Gasteiger partial charge in [-0.25, -0.2) is 13.2 Å². The zero-order chi connectivity index (χ0) is 20.8. The Morgan fingerprint density at radius 1 is 1.00 bits per heavy atom. The fourth-order valence-electron chi connectivity index (χ4n) is 4.51. The van der Waals surface area contributed by atoms with Gasteiger partial charge in [0, 0.05) is 32.2 Å². The number of carbonyl (C=O) groups excluding carboxylic acids is 2. The molecule has 1 spiro atoms. The van der Waals surface area contributed by atoms with Crippen molar-refractivity contribution in [2.75, 3.05) is 33.2 Å². The quantitative estimate of drug-likeness (QED) is 0.742. The van der Waals surface area contributed by atoms with E-state index in [1.54, 1.807) is 24.3 Å². The Morgan fingerprint density at radius 3 is 2.17 bits per heavy atom. The van der Waals surface area contributed by atoms with E-state index in [0.29, 0.717) is 38.8 Å². The van der Waals surface area contributed by atoms with Crippen molar-refractivity contribution in [1.29, 1.82) is 0 Å². The summed E-state index contributed by atoms with van der Waals surface area (Å²) in [4.78, 5) is 29.5. The van der Waals surface area contributed by atoms with Gasteiger partial charge in [0.05, 0.1) is 4.90 Å². The van der Waals surface area contributed by atoms with Crippen LogP contribution in [0.2, 0.25) is 0 Å². The van der Waals surface area contributed by atoms with Crippen molar-refractivity contribution in [2.24, 2.45) is 0 Å². The molecule has 1 aromatic rings. The van der Waals surface area contributed by atoms with Crippen LogP contribution in [0.1, 0.15) is 31.2 Å². The van der Waals surface area contributed by atoms with Gasteiger partial charge in [-0.15, -0.1) is 0 Å². The van der Waals surface area contributed by atoms with Gasteiger partial charge in [0.25, 0.3) is 5.91 Å². The highest BCUT2D eigenvalue weighted by Crippen LogP contribution is 2.33. The smallest absolute Gasteiger partial charge is 0.323 e. The topological polar surface area (TPSA) is 90.0 Å². The molecule has 3 saturated heterocycles. The molecule has 8 nitrogen and oxygen atoms in total. The summed E-state index contributed by atoms with van der Waals surface area (Å²) in [5.74, 6) is -0.143. The Labute approximate surface area is 171 Å². The molecule has 158 valence electrons. The molecule has 0 unspecified atom stereocenters. The molecule has 0 radical (unpaired) electrons. The molecule has 3 aliphatic heterocycles. The standard InChI is InChI=1S/C20H28N4O4S/c1-15-3-5-17(6-4-15)29(27,28)23-11-7-16(8-12-23)24-18(25)20(21-19(24)26)9-13-22(2)14-10-20/h3-6,16H,7-14H2,1-2H3,(H,21,26). The number of imide groups is 1. The first-order chi connectivity index (χ1) is 13.7. The van der Waals surface area contributed by atoms with E-state index in [9.17, 15) is 18.0 Å². The molecule has 0 aromatic heterocycles. The molecule has 9 heteroatoms. The third kappa shape index (κ3) is 3.55. The number of rotatable bonds is 3. The van der Waals surface area contributed by atoms with Crippen LogP contribution in [0.5, 0.6) is 0 Å². The number of sulfonamides is 1. The number of piperidine rings is 2. The number of benzene rings is 1. The first kappa shape index (κ1) is 20.3. The third-order valence-corrected chi connectivity index (χ3v) is 8.39. The number of urea groups is 1.